The van der Waals surface area contributed by atoms with Crippen molar-refractivity contribution in [2.75, 3.05) is 39.2 Å². The highest BCUT2D eigenvalue weighted by molar-refractivity contribution is 8.93. The summed E-state index contributed by atoms with van der Waals surface area (Å²) in [4.78, 5) is 29.4. The van der Waals surface area contributed by atoms with Crippen LogP contribution in [-0.4, -0.2) is 69.7 Å². The first kappa shape index (κ1) is 32.3. The first-order valence-electron chi connectivity index (χ1n) is 12.3. The third-order valence-electron chi connectivity index (χ3n) is 6.41. The van der Waals surface area contributed by atoms with E-state index in [-0.39, 0.29) is 53.4 Å². The Morgan fingerprint density at radius 1 is 1.18 bits per heavy atom. The van der Waals surface area contributed by atoms with Crippen molar-refractivity contribution < 1.29 is 27.3 Å². The van der Waals surface area contributed by atoms with E-state index in [1.807, 2.05) is 45.8 Å². The van der Waals surface area contributed by atoms with E-state index < -0.39 is 21.3 Å². The number of carbonyl (C=O) groups excluding carboxylic acids is 2. The summed E-state index contributed by atoms with van der Waals surface area (Å²) in [6, 6.07) is 6.70. The number of carbonyl (C=O) groups is 2. The molecular weight excluding hydrogens is 588 g/mol. The smallest absolute Gasteiger partial charge is 0.269 e. The molecule has 10 nitrogen and oxygen atoms in total. The summed E-state index contributed by atoms with van der Waals surface area (Å²) in [5.74, 6) is -0.787. The van der Waals surface area contributed by atoms with Crippen LogP contribution in [0.15, 0.2) is 24.3 Å². The fourth-order valence-corrected chi connectivity index (χ4v) is 5.28. The van der Waals surface area contributed by atoms with Gasteiger partial charge in [-0.15, -0.1) is 17.0 Å². The molecule has 0 radical (unpaired) electrons. The molecule has 2 aromatic rings. The number of amidine groups is 1. The molecule has 3 rings (SSSR count). The summed E-state index contributed by atoms with van der Waals surface area (Å²) >= 11 is 0. The summed E-state index contributed by atoms with van der Waals surface area (Å²) in [6.07, 6.45) is 0. The van der Waals surface area contributed by atoms with Gasteiger partial charge in [0.1, 0.15) is 17.3 Å². The second kappa shape index (κ2) is 12.1. The molecule has 0 aliphatic carbocycles. The van der Waals surface area contributed by atoms with Gasteiger partial charge in [-0.25, -0.2) is 0 Å². The maximum Gasteiger partial charge on any atom is 0.269 e. The minimum atomic E-state index is -4.35. The van der Waals surface area contributed by atoms with E-state index >= 15 is 0 Å². The number of benzene rings is 2. The average Bonchev–Trinajstić information content (AvgIpc) is 3.11. The van der Waals surface area contributed by atoms with E-state index in [0.717, 1.165) is 11.3 Å². The molecule has 2 aromatic carbocycles. The molecule has 0 spiro atoms. The molecule has 39 heavy (non-hydrogen) atoms. The van der Waals surface area contributed by atoms with Crippen LogP contribution in [-0.2, 0) is 27.8 Å². The van der Waals surface area contributed by atoms with Crippen LogP contribution in [0.4, 0.5) is 5.69 Å². The molecule has 0 bridgehead atoms. The molecule has 0 atom stereocenters. The van der Waals surface area contributed by atoms with Crippen LogP contribution in [0.2, 0.25) is 0 Å². The largest absolute Gasteiger partial charge is 0.494 e. The van der Waals surface area contributed by atoms with Crippen molar-refractivity contribution in [1.29, 1.82) is 5.41 Å². The number of halogens is 1. The highest BCUT2D eigenvalue weighted by Crippen LogP contribution is 2.36. The Morgan fingerprint density at radius 2 is 1.82 bits per heavy atom. The van der Waals surface area contributed by atoms with Crippen molar-refractivity contribution in [2.45, 2.75) is 45.4 Å². The number of ketones is 1. The first-order valence-corrected chi connectivity index (χ1v) is 13.9. The lowest BCUT2D eigenvalue weighted by atomic mass is 9.82. The quantitative estimate of drug-likeness (QED) is 0.283. The van der Waals surface area contributed by atoms with Gasteiger partial charge in [0.15, 0.2) is 5.78 Å². The predicted molar refractivity (Wildman–Crippen MR) is 158 cm³/mol. The average molecular weight is 626 g/mol. The summed E-state index contributed by atoms with van der Waals surface area (Å²) in [5, 5.41) is 11.3. The SMILES string of the molecule is Br.CCOc1cc(C(=O)CN2Cc3cc(N(C)C)c(C(=O)NC)cc3C2=N)cc(C(C)(C)C)c1CS(=O)(=O)O. The fraction of sp³-hybridized carbons (Fsp3) is 0.444. The molecule has 0 fully saturated rings. The topological polar surface area (TPSA) is 140 Å². The summed E-state index contributed by atoms with van der Waals surface area (Å²) in [7, 11) is 0.880. The van der Waals surface area contributed by atoms with Crippen LogP contribution in [0.5, 0.6) is 5.75 Å². The molecule has 1 heterocycles. The Balaban J connectivity index is 0.00000533. The lowest BCUT2D eigenvalue weighted by Gasteiger charge is -2.26. The lowest BCUT2D eigenvalue weighted by molar-refractivity contribution is 0.0955. The van der Waals surface area contributed by atoms with Gasteiger partial charge in [0.25, 0.3) is 16.0 Å². The molecule has 0 saturated carbocycles. The van der Waals surface area contributed by atoms with Crippen LogP contribution in [0.25, 0.3) is 0 Å². The molecule has 1 aliphatic rings. The molecule has 1 aliphatic heterocycles. The van der Waals surface area contributed by atoms with Crippen LogP contribution in [0.3, 0.4) is 0 Å². The molecular formula is C27H37BrN4O6S. The zero-order chi connectivity index (χ0) is 28.6. The number of fused-ring (bicyclic) bond motifs is 1. The maximum atomic E-state index is 13.5. The molecule has 0 saturated heterocycles. The Bertz CT molecular complexity index is 1400. The second-order valence-corrected chi connectivity index (χ2v) is 12.0. The number of hydrogen-bond acceptors (Lipinski definition) is 7. The molecule has 0 aromatic heterocycles. The molecule has 1 amide bonds. The molecule has 0 unspecified atom stereocenters. The van der Waals surface area contributed by atoms with E-state index in [4.69, 9.17) is 10.1 Å². The number of amides is 1. The standard InChI is InChI=1S/C27H36N4O6S.BrH/c1-8-37-24-11-16(9-21(27(2,3)4)20(24)15-38(34,35)36)23(32)14-31-13-17-10-22(30(6)7)19(26(33)29-5)12-18(17)25(31)28;/h9-12,28H,8,13-15H2,1-7H3,(H,29,33)(H,34,35,36);1H. The van der Waals surface area contributed by atoms with Gasteiger partial charge in [0.05, 0.1) is 18.7 Å². The maximum absolute atomic E-state index is 13.5. The predicted octanol–water partition coefficient (Wildman–Crippen LogP) is 3.80. The molecule has 3 N–H and O–H groups in total. The number of ether oxygens (including phenoxy) is 1. The third-order valence-corrected chi connectivity index (χ3v) is 7.06. The van der Waals surface area contributed by atoms with Crippen LogP contribution in [0.1, 0.15) is 70.7 Å². The first-order chi connectivity index (χ1) is 17.6. The van der Waals surface area contributed by atoms with Gasteiger partial charge in [-0.1, -0.05) is 20.8 Å². The number of rotatable bonds is 9. The minimum absolute atomic E-state index is 0. The van der Waals surface area contributed by atoms with Crippen molar-refractivity contribution in [3.63, 3.8) is 0 Å². The third kappa shape index (κ3) is 7.17. The second-order valence-electron chi connectivity index (χ2n) is 10.5. The Labute approximate surface area is 240 Å². The van der Waals surface area contributed by atoms with Crippen molar-refractivity contribution in [3.8, 4) is 5.75 Å². The van der Waals surface area contributed by atoms with Crippen LogP contribution in [0, 0.1) is 5.41 Å². The van der Waals surface area contributed by atoms with Gasteiger partial charge in [-0.3, -0.25) is 19.6 Å². The van der Waals surface area contributed by atoms with E-state index in [2.05, 4.69) is 5.32 Å². The van der Waals surface area contributed by atoms with E-state index in [1.165, 1.54) is 6.07 Å². The highest BCUT2D eigenvalue weighted by Gasteiger charge is 2.31. The highest BCUT2D eigenvalue weighted by atomic mass is 79.9. The minimum Gasteiger partial charge on any atom is -0.494 e. The van der Waals surface area contributed by atoms with Crippen molar-refractivity contribution >= 4 is 50.3 Å². The Kier molecular flexibility index (Phi) is 9.97. The summed E-state index contributed by atoms with van der Waals surface area (Å²) < 4.78 is 38.8. The van der Waals surface area contributed by atoms with Gasteiger partial charge in [0.2, 0.25) is 0 Å². The van der Waals surface area contributed by atoms with Crippen LogP contribution < -0.4 is 15.0 Å². The van der Waals surface area contributed by atoms with Gasteiger partial charge < -0.3 is 19.9 Å². The van der Waals surface area contributed by atoms with E-state index in [0.29, 0.717) is 34.4 Å². The number of hydrogen-bond donors (Lipinski definition) is 3. The fourth-order valence-electron chi connectivity index (χ4n) is 4.62. The summed E-state index contributed by atoms with van der Waals surface area (Å²) in [6.45, 7) is 7.90. The normalized spacial score (nSPS) is 13.0. The zero-order valence-corrected chi connectivity index (χ0v) is 25.9. The molecule has 214 valence electrons. The van der Waals surface area contributed by atoms with Gasteiger partial charge in [-0.2, -0.15) is 8.42 Å². The van der Waals surface area contributed by atoms with Gasteiger partial charge in [-0.05, 0) is 47.7 Å². The lowest BCUT2D eigenvalue weighted by Crippen LogP contribution is -2.30. The van der Waals surface area contributed by atoms with E-state index in [9.17, 15) is 22.6 Å². The zero-order valence-electron chi connectivity index (χ0n) is 23.3. The van der Waals surface area contributed by atoms with Crippen molar-refractivity contribution in [3.05, 3.63) is 57.6 Å². The number of nitrogens with one attached hydrogen (secondary N) is 2. The summed E-state index contributed by atoms with van der Waals surface area (Å²) in [5.41, 5.74) is 3.27. The van der Waals surface area contributed by atoms with Gasteiger partial charge >= 0.3 is 0 Å². The van der Waals surface area contributed by atoms with Crippen molar-refractivity contribution in [2.24, 2.45) is 0 Å². The monoisotopic (exact) mass is 624 g/mol. The molecule has 12 heteroatoms. The van der Waals surface area contributed by atoms with E-state index in [1.54, 1.807) is 31.0 Å². The van der Waals surface area contributed by atoms with Gasteiger partial charge in [0, 0.05) is 50.1 Å². The number of anilines is 1. The Hall–Kier alpha value is -2.96. The number of nitrogens with zero attached hydrogens (tertiary/aromatic N) is 2. The van der Waals surface area contributed by atoms with Crippen LogP contribution >= 0.6 is 17.0 Å². The Morgan fingerprint density at radius 3 is 2.33 bits per heavy atom. The van der Waals surface area contributed by atoms with Crippen molar-refractivity contribution in [1.82, 2.24) is 10.2 Å². The number of Topliss-reactive ketones (excluding diaryl/α,β-unsaturated/α-hetero) is 1.